The van der Waals surface area contributed by atoms with Gasteiger partial charge in [-0.25, -0.2) is 0 Å². The van der Waals surface area contributed by atoms with E-state index in [1.165, 1.54) is 36.4 Å². The molecule has 1 N–H and O–H groups in total. The van der Waals surface area contributed by atoms with Gasteiger partial charge in [0.2, 0.25) is 5.91 Å². The highest BCUT2D eigenvalue weighted by Gasteiger charge is 2.28. The normalized spacial score (nSPS) is 20.3. The Bertz CT molecular complexity index is 982. The lowest BCUT2D eigenvalue weighted by molar-refractivity contribution is -0.126. The van der Waals surface area contributed by atoms with Crippen molar-refractivity contribution in [1.29, 1.82) is 0 Å². The molecule has 7 heteroatoms. The Balaban J connectivity index is 1.48. The van der Waals surface area contributed by atoms with E-state index < -0.39 is 0 Å². The molecule has 1 amide bonds. The van der Waals surface area contributed by atoms with Crippen LogP contribution >= 0.6 is 11.6 Å². The molecule has 1 saturated heterocycles. The summed E-state index contributed by atoms with van der Waals surface area (Å²) in [4.78, 5) is 27.5. The van der Waals surface area contributed by atoms with Crippen molar-refractivity contribution in [3.63, 3.8) is 0 Å². The second kappa shape index (κ2) is 9.86. The molecule has 6 nitrogen and oxygen atoms in total. The van der Waals surface area contributed by atoms with Gasteiger partial charge in [-0.1, -0.05) is 43.4 Å². The van der Waals surface area contributed by atoms with Gasteiger partial charge in [0.1, 0.15) is 5.82 Å². The zero-order valence-electron chi connectivity index (χ0n) is 18.1. The number of nitrogens with zero attached hydrogens (tertiary/aromatic N) is 3. The molecule has 0 bridgehead atoms. The van der Waals surface area contributed by atoms with Crippen LogP contribution in [0, 0.1) is 12.8 Å². The van der Waals surface area contributed by atoms with Crippen molar-refractivity contribution in [3.05, 3.63) is 51.3 Å². The van der Waals surface area contributed by atoms with Crippen molar-refractivity contribution in [2.75, 3.05) is 18.0 Å². The fourth-order valence-corrected chi connectivity index (χ4v) is 4.79. The third-order valence-electron chi connectivity index (χ3n) is 6.50. The number of benzene rings is 1. The van der Waals surface area contributed by atoms with Crippen molar-refractivity contribution in [1.82, 2.24) is 15.1 Å². The molecule has 0 spiro atoms. The number of hydrogen-bond donors (Lipinski definition) is 1. The standard InChI is InChI=1S/C24H31ClN4O2/c1-17-10-11-20(15-21(17)25)29-23(30)13-12-22(27-29)28-14-6-7-18(16-28)24(31)26-19-8-4-2-3-5-9-19/h10-13,15,18-19H,2-9,14,16H2,1H3,(H,26,31)/t18-/m1/s1. The van der Waals surface area contributed by atoms with Gasteiger partial charge in [-0.05, 0) is 56.4 Å². The van der Waals surface area contributed by atoms with E-state index in [-0.39, 0.29) is 17.4 Å². The summed E-state index contributed by atoms with van der Waals surface area (Å²) in [5.74, 6) is 0.825. The summed E-state index contributed by atoms with van der Waals surface area (Å²) in [5.41, 5.74) is 1.39. The monoisotopic (exact) mass is 442 g/mol. The molecule has 2 aliphatic rings. The van der Waals surface area contributed by atoms with E-state index in [4.69, 9.17) is 11.6 Å². The van der Waals surface area contributed by atoms with Crippen LogP contribution in [0.3, 0.4) is 0 Å². The molecule has 0 radical (unpaired) electrons. The number of carbonyl (C=O) groups excluding carboxylic acids is 1. The SMILES string of the molecule is Cc1ccc(-n2nc(N3CCC[C@@H](C(=O)NC4CCCCCC4)C3)ccc2=O)cc1Cl. The van der Waals surface area contributed by atoms with E-state index in [1.807, 2.05) is 19.1 Å². The van der Waals surface area contributed by atoms with Crippen LogP contribution in [0.15, 0.2) is 35.1 Å². The molecule has 1 aromatic heterocycles. The Morgan fingerprint density at radius 3 is 2.58 bits per heavy atom. The lowest BCUT2D eigenvalue weighted by Crippen LogP contribution is -2.46. The molecule has 1 aliphatic carbocycles. The van der Waals surface area contributed by atoms with Gasteiger partial charge in [0.25, 0.3) is 5.56 Å². The zero-order chi connectivity index (χ0) is 21.8. The van der Waals surface area contributed by atoms with E-state index >= 15 is 0 Å². The van der Waals surface area contributed by atoms with Crippen LogP contribution in [0.25, 0.3) is 5.69 Å². The first-order valence-corrected chi connectivity index (χ1v) is 11.8. The number of anilines is 1. The largest absolute Gasteiger partial charge is 0.354 e. The van der Waals surface area contributed by atoms with Crippen LogP contribution in [0.1, 0.15) is 56.9 Å². The van der Waals surface area contributed by atoms with Crippen molar-refractivity contribution in [2.24, 2.45) is 5.92 Å². The molecule has 0 unspecified atom stereocenters. The fourth-order valence-electron chi connectivity index (χ4n) is 4.61. The van der Waals surface area contributed by atoms with Gasteiger partial charge < -0.3 is 10.2 Å². The Hall–Kier alpha value is -2.34. The minimum atomic E-state index is -0.205. The zero-order valence-corrected chi connectivity index (χ0v) is 18.9. The van der Waals surface area contributed by atoms with E-state index in [1.54, 1.807) is 12.1 Å². The Morgan fingerprint density at radius 1 is 1.06 bits per heavy atom. The summed E-state index contributed by atoms with van der Waals surface area (Å²) in [6, 6.07) is 9.09. The highest BCUT2D eigenvalue weighted by Crippen LogP contribution is 2.24. The molecular weight excluding hydrogens is 412 g/mol. The quantitative estimate of drug-likeness (QED) is 0.719. The summed E-state index contributed by atoms with van der Waals surface area (Å²) in [6.07, 6.45) is 8.96. The molecule has 1 atom stereocenters. The predicted octanol–water partition coefficient (Wildman–Crippen LogP) is 4.25. The van der Waals surface area contributed by atoms with E-state index in [9.17, 15) is 9.59 Å². The lowest BCUT2D eigenvalue weighted by Gasteiger charge is -2.33. The van der Waals surface area contributed by atoms with Crippen molar-refractivity contribution in [2.45, 2.75) is 64.3 Å². The van der Waals surface area contributed by atoms with Crippen LogP contribution in [0.2, 0.25) is 5.02 Å². The number of hydrogen-bond acceptors (Lipinski definition) is 4. The number of amides is 1. The first-order valence-electron chi connectivity index (χ1n) is 11.4. The second-order valence-corrected chi connectivity index (χ2v) is 9.26. The third-order valence-corrected chi connectivity index (χ3v) is 6.91. The van der Waals surface area contributed by atoms with Gasteiger partial charge in [0.05, 0.1) is 11.6 Å². The van der Waals surface area contributed by atoms with Gasteiger partial charge in [0.15, 0.2) is 0 Å². The van der Waals surface area contributed by atoms with Crippen molar-refractivity contribution >= 4 is 23.3 Å². The third kappa shape index (κ3) is 5.29. The molecule has 2 aromatic rings. The van der Waals surface area contributed by atoms with Gasteiger partial charge in [-0.2, -0.15) is 4.68 Å². The van der Waals surface area contributed by atoms with E-state index in [0.717, 1.165) is 37.8 Å². The highest BCUT2D eigenvalue weighted by atomic mass is 35.5. The number of aryl methyl sites for hydroxylation is 1. The minimum absolute atomic E-state index is 0.0481. The molecule has 1 saturated carbocycles. The minimum Gasteiger partial charge on any atom is -0.354 e. The number of aromatic nitrogens is 2. The molecule has 4 rings (SSSR count). The van der Waals surface area contributed by atoms with Gasteiger partial charge in [-0.3, -0.25) is 9.59 Å². The molecule has 166 valence electrons. The van der Waals surface area contributed by atoms with Gasteiger partial charge in [0, 0.05) is 30.2 Å². The summed E-state index contributed by atoms with van der Waals surface area (Å²) in [5, 5.41) is 8.50. The first kappa shape index (κ1) is 21.9. The number of rotatable bonds is 4. The maximum Gasteiger partial charge on any atom is 0.271 e. The molecule has 1 aromatic carbocycles. The predicted molar refractivity (Wildman–Crippen MR) is 124 cm³/mol. The molecular formula is C24H31ClN4O2. The smallest absolute Gasteiger partial charge is 0.271 e. The van der Waals surface area contributed by atoms with Crippen LogP contribution in [0.4, 0.5) is 5.82 Å². The Morgan fingerprint density at radius 2 is 1.84 bits per heavy atom. The average Bonchev–Trinajstić information content (AvgIpc) is 3.05. The van der Waals surface area contributed by atoms with E-state index in [0.29, 0.717) is 29.1 Å². The maximum absolute atomic E-state index is 12.9. The Kier molecular flexibility index (Phi) is 6.96. The second-order valence-electron chi connectivity index (χ2n) is 8.86. The summed E-state index contributed by atoms with van der Waals surface area (Å²) < 4.78 is 1.38. The highest BCUT2D eigenvalue weighted by molar-refractivity contribution is 6.31. The van der Waals surface area contributed by atoms with Crippen LogP contribution < -0.4 is 15.8 Å². The first-order chi connectivity index (χ1) is 15.0. The molecule has 2 fully saturated rings. The van der Waals surface area contributed by atoms with Crippen molar-refractivity contribution < 1.29 is 4.79 Å². The number of nitrogens with one attached hydrogen (secondary N) is 1. The molecule has 2 heterocycles. The van der Waals surface area contributed by atoms with Crippen LogP contribution in [-0.4, -0.2) is 34.8 Å². The summed E-state index contributed by atoms with van der Waals surface area (Å²) in [7, 11) is 0. The molecule has 1 aliphatic heterocycles. The number of halogens is 1. The number of carbonyl (C=O) groups is 1. The topological polar surface area (TPSA) is 67.2 Å². The lowest BCUT2D eigenvalue weighted by atomic mass is 9.96. The maximum atomic E-state index is 12.9. The summed E-state index contributed by atoms with van der Waals surface area (Å²) in [6.45, 7) is 3.37. The van der Waals surface area contributed by atoms with Crippen LogP contribution in [0.5, 0.6) is 0 Å². The Labute approximate surface area is 188 Å². The number of piperidine rings is 1. The van der Waals surface area contributed by atoms with E-state index in [2.05, 4.69) is 15.3 Å². The average molecular weight is 443 g/mol. The van der Waals surface area contributed by atoms with Gasteiger partial charge >= 0.3 is 0 Å². The van der Waals surface area contributed by atoms with Crippen LogP contribution in [-0.2, 0) is 4.79 Å². The fraction of sp³-hybridized carbons (Fsp3) is 0.542. The molecule has 31 heavy (non-hydrogen) atoms. The van der Waals surface area contributed by atoms with Gasteiger partial charge in [-0.15, -0.1) is 5.10 Å². The summed E-state index contributed by atoms with van der Waals surface area (Å²) >= 11 is 6.25. The van der Waals surface area contributed by atoms with Crippen molar-refractivity contribution in [3.8, 4) is 5.69 Å².